The third kappa shape index (κ3) is 6.22. The Kier molecular flexibility index (Phi) is 8.23. The van der Waals surface area contributed by atoms with Crippen LogP contribution < -0.4 is 20.4 Å². The van der Waals surface area contributed by atoms with Gasteiger partial charge in [0, 0.05) is 50.5 Å². The van der Waals surface area contributed by atoms with Gasteiger partial charge in [-0.25, -0.2) is 4.79 Å². The van der Waals surface area contributed by atoms with Crippen LogP contribution in [0, 0.1) is 13.8 Å². The fraction of sp³-hybridized carbons (Fsp3) is 0.367. The highest BCUT2D eigenvalue weighted by Crippen LogP contribution is 2.30. The van der Waals surface area contributed by atoms with Crippen LogP contribution in [0.5, 0.6) is 0 Å². The molecule has 0 aliphatic carbocycles. The van der Waals surface area contributed by atoms with E-state index >= 15 is 0 Å². The van der Waals surface area contributed by atoms with Gasteiger partial charge in [0.15, 0.2) is 5.76 Å². The molecule has 2 aliphatic heterocycles. The van der Waals surface area contributed by atoms with Gasteiger partial charge in [-0.3, -0.25) is 9.59 Å². The van der Waals surface area contributed by atoms with Gasteiger partial charge in [0.1, 0.15) is 12.4 Å². The summed E-state index contributed by atoms with van der Waals surface area (Å²) in [6.07, 6.45) is 0.305. The minimum Gasteiger partial charge on any atom is -0.456 e. The number of nitrogens with zero attached hydrogens (tertiary/aromatic N) is 3. The molecular weight excluding hydrogens is 510 g/mol. The Hall–Kier alpha value is -4.47. The van der Waals surface area contributed by atoms with Crippen LogP contribution in [-0.2, 0) is 4.74 Å². The van der Waals surface area contributed by atoms with E-state index in [9.17, 15) is 14.4 Å². The molecule has 0 bridgehead atoms. The number of hydrogen-bond acceptors (Lipinski definition) is 7. The summed E-state index contributed by atoms with van der Waals surface area (Å²) < 4.78 is 10.5. The topological polar surface area (TPSA) is 107 Å². The second-order valence-electron chi connectivity index (χ2n) is 10.1. The highest BCUT2D eigenvalue weighted by Gasteiger charge is 2.24. The van der Waals surface area contributed by atoms with Crippen molar-refractivity contribution in [1.29, 1.82) is 0 Å². The molecule has 210 valence electrons. The van der Waals surface area contributed by atoms with Crippen LogP contribution in [-0.4, -0.2) is 75.2 Å². The van der Waals surface area contributed by atoms with Gasteiger partial charge < -0.3 is 34.5 Å². The number of nitrogens with one attached hydrogen (secondary N) is 2. The van der Waals surface area contributed by atoms with E-state index in [1.54, 1.807) is 36.1 Å². The Morgan fingerprint density at radius 2 is 1.62 bits per heavy atom. The summed E-state index contributed by atoms with van der Waals surface area (Å²) in [5.41, 5.74) is 4.32. The zero-order chi connectivity index (χ0) is 28.1. The molecular formula is C30H35N5O5. The quantitative estimate of drug-likeness (QED) is 0.391. The molecule has 10 nitrogen and oxygen atoms in total. The maximum absolute atomic E-state index is 13.0. The number of cyclic esters (lactones) is 1. The van der Waals surface area contributed by atoms with Crippen molar-refractivity contribution in [2.24, 2.45) is 0 Å². The van der Waals surface area contributed by atoms with E-state index in [1.807, 2.05) is 12.1 Å². The molecule has 0 saturated carbocycles. The van der Waals surface area contributed by atoms with Crippen LogP contribution in [0.2, 0.25) is 0 Å². The second kappa shape index (κ2) is 12.1. The standard InChI is InChI=1S/C30H35N5O5/c1-21-6-3-4-7-25(21)33-14-16-34(17-15-33)26-10-9-23(20-24(26)32-29(37)27-11-8-22(2)40-27)28(36)31-12-5-13-35-18-19-39-30(35)38/h3-4,6-11,20H,5,12-19H2,1-2H3,(H,31,36)(H,32,37). The Morgan fingerprint density at radius 1 is 0.875 bits per heavy atom. The molecule has 10 heteroatoms. The number of rotatable bonds is 9. The summed E-state index contributed by atoms with van der Waals surface area (Å²) in [6.45, 7) is 9.03. The Balaban J connectivity index is 1.28. The van der Waals surface area contributed by atoms with Crippen molar-refractivity contribution in [1.82, 2.24) is 10.2 Å². The van der Waals surface area contributed by atoms with Crippen LogP contribution in [0.15, 0.2) is 59.0 Å². The van der Waals surface area contributed by atoms with Crippen LogP contribution in [0.25, 0.3) is 0 Å². The SMILES string of the molecule is Cc1ccc(C(=O)Nc2cc(C(=O)NCCCN3CCOC3=O)ccc2N2CCN(c3ccccc3C)CC2)o1. The van der Waals surface area contributed by atoms with Crippen LogP contribution in [0.3, 0.4) is 0 Å². The summed E-state index contributed by atoms with van der Waals surface area (Å²) in [7, 11) is 0. The molecule has 1 aromatic heterocycles. The molecule has 3 amide bonds. The molecule has 40 heavy (non-hydrogen) atoms. The lowest BCUT2D eigenvalue weighted by atomic mass is 10.1. The highest BCUT2D eigenvalue weighted by molar-refractivity contribution is 6.05. The third-order valence-corrected chi connectivity index (χ3v) is 7.28. The Bertz CT molecular complexity index is 1380. The average molecular weight is 546 g/mol. The number of carbonyl (C=O) groups is 3. The number of furan rings is 1. The number of para-hydroxylation sites is 1. The smallest absolute Gasteiger partial charge is 0.409 e. The number of aryl methyl sites for hydroxylation is 2. The van der Waals surface area contributed by atoms with Gasteiger partial charge in [0.25, 0.3) is 11.8 Å². The van der Waals surface area contributed by atoms with E-state index in [0.29, 0.717) is 49.7 Å². The summed E-state index contributed by atoms with van der Waals surface area (Å²) >= 11 is 0. The van der Waals surface area contributed by atoms with Gasteiger partial charge in [-0.2, -0.15) is 0 Å². The van der Waals surface area contributed by atoms with E-state index < -0.39 is 0 Å². The van der Waals surface area contributed by atoms with Crippen molar-refractivity contribution >= 4 is 35.0 Å². The summed E-state index contributed by atoms with van der Waals surface area (Å²) in [5.74, 6) is 0.239. The largest absolute Gasteiger partial charge is 0.456 e. The van der Waals surface area contributed by atoms with E-state index in [2.05, 4.69) is 45.6 Å². The van der Waals surface area contributed by atoms with Crippen LogP contribution >= 0.6 is 0 Å². The molecule has 5 rings (SSSR count). The van der Waals surface area contributed by atoms with E-state index in [4.69, 9.17) is 9.15 Å². The third-order valence-electron chi connectivity index (χ3n) is 7.28. The van der Waals surface area contributed by atoms with Crippen molar-refractivity contribution < 1.29 is 23.5 Å². The first-order valence-corrected chi connectivity index (χ1v) is 13.7. The molecule has 0 atom stereocenters. The number of anilines is 3. The maximum atomic E-state index is 13.0. The molecule has 3 aromatic rings. The number of ether oxygens (including phenoxy) is 1. The van der Waals surface area contributed by atoms with Crippen LogP contribution in [0.1, 0.15) is 38.7 Å². The number of amides is 3. The fourth-order valence-electron chi connectivity index (χ4n) is 5.10. The highest BCUT2D eigenvalue weighted by atomic mass is 16.6. The van der Waals surface area contributed by atoms with Gasteiger partial charge in [-0.05, 0) is 62.2 Å². The summed E-state index contributed by atoms with van der Waals surface area (Å²) in [4.78, 5) is 43.8. The van der Waals surface area contributed by atoms with Crippen molar-refractivity contribution in [3.8, 4) is 0 Å². The van der Waals surface area contributed by atoms with Crippen molar-refractivity contribution in [3.05, 3.63) is 77.2 Å². The predicted molar refractivity (Wildman–Crippen MR) is 153 cm³/mol. The van der Waals surface area contributed by atoms with Crippen molar-refractivity contribution in [2.75, 3.05) is 67.5 Å². The summed E-state index contributed by atoms with van der Waals surface area (Å²) in [6, 6.07) is 17.1. The zero-order valence-electron chi connectivity index (χ0n) is 22.9. The summed E-state index contributed by atoms with van der Waals surface area (Å²) in [5, 5.41) is 5.88. The molecule has 3 heterocycles. The van der Waals surface area contributed by atoms with Crippen molar-refractivity contribution in [3.63, 3.8) is 0 Å². The second-order valence-corrected chi connectivity index (χ2v) is 10.1. The van der Waals surface area contributed by atoms with Crippen molar-refractivity contribution in [2.45, 2.75) is 20.3 Å². The molecule has 2 aliphatic rings. The number of hydrogen-bond donors (Lipinski definition) is 2. The first kappa shape index (κ1) is 27.1. The fourth-order valence-corrected chi connectivity index (χ4v) is 5.10. The maximum Gasteiger partial charge on any atom is 0.409 e. The molecule has 2 fully saturated rings. The van der Waals surface area contributed by atoms with E-state index in [1.165, 1.54) is 11.3 Å². The van der Waals surface area contributed by atoms with Gasteiger partial charge in [-0.15, -0.1) is 0 Å². The number of benzene rings is 2. The molecule has 2 N–H and O–H groups in total. The molecule has 2 saturated heterocycles. The Labute approximate surface area is 233 Å². The molecule has 0 radical (unpaired) electrons. The average Bonchev–Trinajstić information content (AvgIpc) is 3.59. The zero-order valence-corrected chi connectivity index (χ0v) is 22.9. The number of carbonyl (C=O) groups excluding carboxylic acids is 3. The van der Waals surface area contributed by atoms with Gasteiger partial charge >= 0.3 is 6.09 Å². The lowest BCUT2D eigenvalue weighted by molar-refractivity contribution is 0.0950. The number of piperazine rings is 1. The Morgan fingerprint density at radius 3 is 2.30 bits per heavy atom. The minimum atomic E-state index is -0.372. The normalized spacial score (nSPS) is 15.2. The van der Waals surface area contributed by atoms with E-state index in [-0.39, 0.29) is 23.7 Å². The minimum absolute atomic E-state index is 0.211. The molecule has 2 aromatic carbocycles. The van der Waals surface area contributed by atoms with Gasteiger partial charge in [-0.1, -0.05) is 18.2 Å². The molecule has 0 spiro atoms. The lowest BCUT2D eigenvalue weighted by Crippen LogP contribution is -2.47. The van der Waals surface area contributed by atoms with Gasteiger partial charge in [0.05, 0.1) is 17.9 Å². The van der Waals surface area contributed by atoms with E-state index in [0.717, 1.165) is 31.9 Å². The van der Waals surface area contributed by atoms with Crippen LogP contribution in [0.4, 0.5) is 21.9 Å². The monoisotopic (exact) mass is 545 g/mol. The van der Waals surface area contributed by atoms with Gasteiger partial charge in [0.2, 0.25) is 0 Å². The first-order valence-electron chi connectivity index (χ1n) is 13.7. The lowest BCUT2D eigenvalue weighted by Gasteiger charge is -2.38. The first-order chi connectivity index (χ1) is 19.4. The molecule has 0 unspecified atom stereocenters. The predicted octanol–water partition coefficient (Wildman–Crippen LogP) is 4.05.